The van der Waals surface area contributed by atoms with Crippen LogP contribution in [0.5, 0.6) is 11.5 Å². The lowest BCUT2D eigenvalue weighted by atomic mass is 10.1. The van der Waals surface area contributed by atoms with Crippen LogP contribution in [0.15, 0.2) is 60.9 Å². The molecule has 1 aliphatic heterocycles. The summed E-state index contributed by atoms with van der Waals surface area (Å²) in [5.74, 6) is 2.59. The second-order valence-electron chi connectivity index (χ2n) is 6.44. The number of nitrogens with zero attached hydrogens (tertiary/aromatic N) is 3. The minimum absolute atomic E-state index is 0.250. The normalized spacial score (nSPS) is 12.9. The van der Waals surface area contributed by atoms with E-state index in [1.54, 1.807) is 18.3 Å². The fraction of sp³-hybridized carbons (Fsp3) is 0.143. The maximum atomic E-state index is 13.2. The van der Waals surface area contributed by atoms with Gasteiger partial charge in [-0.25, -0.2) is 14.4 Å². The summed E-state index contributed by atoms with van der Waals surface area (Å²) in [5, 5.41) is 3.42. The van der Waals surface area contributed by atoms with E-state index in [-0.39, 0.29) is 5.82 Å². The highest BCUT2D eigenvalue weighted by molar-refractivity contribution is 5.77. The van der Waals surface area contributed by atoms with E-state index in [0.717, 1.165) is 28.4 Å². The first-order chi connectivity index (χ1) is 13.8. The third-order valence-electron chi connectivity index (χ3n) is 4.59. The van der Waals surface area contributed by atoms with Gasteiger partial charge in [0.25, 0.3) is 0 Å². The van der Waals surface area contributed by atoms with Gasteiger partial charge in [0.1, 0.15) is 30.5 Å². The number of nitrogens with one attached hydrogen (secondary N) is 1. The Morgan fingerprint density at radius 3 is 2.71 bits per heavy atom. The Morgan fingerprint density at radius 2 is 1.86 bits per heavy atom. The zero-order chi connectivity index (χ0) is 18.9. The molecule has 5 rings (SSSR count). The molecular formula is C21H17FN4O2. The van der Waals surface area contributed by atoms with Crippen LogP contribution in [-0.2, 0) is 6.54 Å². The highest BCUT2D eigenvalue weighted by atomic mass is 19.1. The topological polar surface area (TPSA) is 60.7 Å². The van der Waals surface area contributed by atoms with Gasteiger partial charge in [-0.15, -0.1) is 0 Å². The van der Waals surface area contributed by atoms with Gasteiger partial charge >= 0.3 is 0 Å². The predicted octanol–water partition coefficient (Wildman–Crippen LogP) is 3.92. The van der Waals surface area contributed by atoms with Gasteiger partial charge in [-0.05, 0) is 42.0 Å². The van der Waals surface area contributed by atoms with Crippen LogP contribution in [0.4, 0.5) is 10.2 Å². The van der Waals surface area contributed by atoms with Gasteiger partial charge in [0, 0.05) is 24.5 Å². The van der Waals surface area contributed by atoms with Crippen LogP contribution in [0.3, 0.4) is 0 Å². The molecule has 7 heteroatoms. The Labute approximate surface area is 160 Å². The number of fused-ring (bicyclic) bond motifs is 2. The van der Waals surface area contributed by atoms with E-state index in [9.17, 15) is 4.39 Å². The maximum Gasteiger partial charge on any atom is 0.235 e. The van der Waals surface area contributed by atoms with E-state index in [2.05, 4.69) is 10.3 Å². The van der Waals surface area contributed by atoms with Crippen LogP contribution < -0.4 is 14.8 Å². The van der Waals surface area contributed by atoms with Gasteiger partial charge in [0.05, 0.1) is 0 Å². The van der Waals surface area contributed by atoms with Crippen molar-refractivity contribution >= 4 is 11.6 Å². The second-order valence-corrected chi connectivity index (χ2v) is 6.44. The van der Waals surface area contributed by atoms with Crippen molar-refractivity contribution in [3.8, 4) is 22.8 Å². The molecule has 2 aromatic carbocycles. The first-order valence-electron chi connectivity index (χ1n) is 8.99. The highest BCUT2D eigenvalue weighted by Crippen LogP contribution is 2.36. The first-order valence-corrected chi connectivity index (χ1v) is 8.99. The molecule has 2 aromatic heterocycles. The standard InChI is InChI=1S/C21H17FN4O2/c22-16-5-2-14(3-6-16)13-24-20-19(25-21-23-8-1-9-26(20)21)15-4-7-17-18(12-15)28-11-10-27-17/h1-9,12,24H,10-11,13H2. The van der Waals surface area contributed by atoms with Crippen molar-refractivity contribution in [1.29, 1.82) is 0 Å². The van der Waals surface area contributed by atoms with Crippen LogP contribution in [-0.4, -0.2) is 27.6 Å². The quantitative estimate of drug-likeness (QED) is 0.585. The molecule has 0 unspecified atom stereocenters. The molecule has 0 fully saturated rings. The molecule has 4 aromatic rings. The molecule has 0 bridgehead atoms. The van der Waals surface area contributed by atoms with Gasteiger partial charge in [0.15, 0.2) is 11.5 Å². The number of anilines is 1. The summed E-state index contributed by atoms with van der Waals surface area (Å²) in [6.07, 6.45) is 3.61. The van der Waals surface area contributed by atoms with Gasteiger partial charge < -0.3 is 14.8 Å². The van der Waals surface area contributed by atoms with E-state index >= 15 is 0 Å². The van der Waals surface area contributed by atoms with Gasteiger partial charge in [0.2, 0.25) is 5.78 Å². The number of ether oxygens (including phenoxy) is 2. The maximum absolute atomic E-state index is 13.2. The molecule has 28 heavy (non-hydrogen) atoms. The third-order valence-corrected chi connectivity index (χ3v) is 4.59. The average molecular weight is 376 g/mol. The first kappa shape index (κ1) is 16.6. The monoisotopic (exact) mass is 376 g/mol. The van der Waals surface area contributed by atoms with Crippen molar-refractivity contribution in [2.45, 2.75) is 6.54 Å². The molecule has 0 spiro atoms. The number of hydrogen-bond donors (Lipinski definition) is 1. The Morgan fingerprint density at radius 1 is 1.04 bits per heavy atom. The molecule has 6 nitrogen and oxygen atoms in total. The summed E-state index contributed by atoms with van der Waals surface area (Å²) in [7, 11) is 0. The van der Waals surface area contributed by atoms with Crippen LogP contribution in [0.25, 0.3) is 17.0 Å². The molecule has 0 saturated carbocycles. The molecule has 1 aliphatic rings. The zero-order valence-corrected chi connectivity index (χ0v) is 14.9. The Balaban J connectivity index is 1.55. The fourth-order valence-corrected chi connectivity index (χ4v) is 3.24. The average Bonchev–Trinajstić information content (AvgIpc) is 3.12. The Bertz CT molecular complexity index is 1140. The van der Waals surface area contributed by atoms with E-state index < -0.39 is 0 Å². The number of aromatic nitrogens is 3. The highest BCUT2D eigenvalue weighted by Gasteiger charge is 2.18. The van der Waals surface area contributed by atoms with E-state index in [4.69, 9.17) is 14.5 Å². The van der Waals surface area contributed by atoms with Gasteiger partial charge in [-0.2, -0.15) is 0 Å². The summed E-state index contributed by atoms with van der Waals surface area (Å²) in [6.45, 7) is 1.61. The van der Waals surface area contributed by atoms with E-state index in [1.807, 2.05) is 34.9 Å². The molecule has 3 heterocycles. The number of benzene rings is 2. The van der Waals surface area contributed by atoms with Crippen molar-refractivity contribution in [3.05, 3.63) is 72.3 Å². The molecule has 0 atom stereocenters. The number of hydrogen-bond acceptors (Lipinski definition) is 5. The molecule has 1 N–H and O–H groups in total. The largest absolute Gasteiger partial charge is 0.486 e. The predicted molar refractivity (Wildman–Crippen MR) is 103 cm³/mol. The van der Waals surface area contributed by atoms with Crippen molar-refractivity contribution in [1.82, 2.24) is 14.4 Å². The Hall–Kier alpha value is -3.61. The zero-order valence-electron chi connectivity index (χ0n) is 14.9. The lowest BCUT2D eigenvalue weighted by Crippen LogP contribution is -2.15. The molecule has 0 aliphatic carbocycles. The smallest absolute Gasteiger partial charge is 0.235 e. The number of halogens is 1. The van der Waals surface area contributed by atoms with Gasteiger partial charge in [-0.1, -0.05) is 12.1 Å². The number of imidazole rings is 1. The SMILES string of the molecule is Fc1ccc(CNc2c(-c3ccc4c(c3)OCCO4)nc3ncccn23)cc1. The summed E-state index contributed by atoms with van der Waals surface area (Å²) >= 11 is 0. The van der Waals surface area contributed by atoms with Crippen molar-refractivity contribution in [2.75, 3.05) is 18.5 Å². The lowest BCUT2D eigenvalue weighted by molar-refractivity contribution is 0.171. The molecule has 0 saturated heterocycles. The molecular weight excluding hydrogens is 359 g/mol. The van der Waals surface area contributed by atoms with Crippen molar-refractivity contribution in [3.63, 3.8) is 0 Å². The summed E-state index contributed by atoms with van der Waals surface area (Å²) in [5.41, 5.74) is 2.63. The Kier molecular flexibility index (Phi) is 4.05. The van der Waals surface area contributed by atoms with Crippen LogP contribution in [0.1, 0.15) is 5.56 Å². The van der Waals surface area contributed by atoms with E-state index in [1.165, 1.54) is 12.1 Å². The minimum Gasteiger partial charge on any atom is -0.486 e. The number of rotatable bonds is 4. The molecule has 0 radical (unpaired) electrons. The van der Waals surface area contributed by atoms with Crippen molar-refractivity contribution in [2.24, 2.45) is 0 Å². The molecule has 140 valence electrons. The third kappa shape index (κ3) is 3.00. The van der Waals surface area contributed by atoms with Crippen LogP contribution in [0.2, 0.25) is 0 Å². The van der Waals surface area contributed by atoms with Crippen LogP contribution in [0, 0.1) is 5.82 Å². The lowest BCUT2D eigenvalue weighted by Gasteiger charge is -2.18. The summed E-state index contributed by atoms with van der Waals surface area (Å²) < 4.78 is 26.4. The minimum atomic E-state index is -0.250. The second kappa shape index (κ2) is 6.84. The van der Waals surface area contributed by atoms with Crippen LogP contribution >= 0.6 is 0 Å². The fourth-order valence-electron chi connectivity index (χ4n) is 3.24. The molecule has 0 amide bonds. The van der Waals surface area contributed by atoms with Crippen molar-refractivity contribution < 1.29 is 13.9 Å². The summed E-state index contributed by atoms with van der Waals surface area (Å²) in [6, 6.07) is 14.1. The van der Waals surface area contributed by atoms with Gasteiger partial charge in [-0.3, -0.25) is 4.40 Å². The summed E-state index contributed by atoms with van der Waals surface area (Å²) in [4.78, 5) is 9.04. The van der Waals surface area contributed by atoms with E-state index in [0.29, 0.717) is 31.3 Å².